The number of hydrazine groups is 1. The fourth-order valence-electron chi connectivity index (χ4n) is 3.56. The summed E-state index contributed by atoms with van der Waals surface area (Å²) < 4.78 is 0. The molecule has 2 aromatic rings. The van der Waals surface area contributed by atoms with Crippen molar-refractivity contribution in [2.75, 3.05) is 13.1 Å². The summed E-state index contributed by atoms with van der Waals surface area (Å²) >= 11 is 0. The molecule has 0 aromatic heterocycles. The monoisotopic (exact) mass is 393 g/mol. The molecule has 3 rings (SSSR count). The van der Waals surface area contributed by atoms with Crippen LogP contribution in [-0.2, 0) is 16.0 Å². The first-order chi connectivity index (χ1) is 14.0. The van der Waals surface area contributed by atoms with Gasteiger partial charge in [0.15, 0.2) is 0 Å². The molecule has 2 aromatic carbocycles. The average molecular weight is 393 g/mol. The topological polar surface area (TPSA) is 78.5 Å². The first-order valence-electron chi connectivity index (χ1n) is 10.0. The zero-order chi connectivity index (χ0) is 20.6. The van der Waals surface area contributed by atoms with Crippen molar-refractivity contribution in [1.29, 1.82) is 0 Å². The Kier molecular flexibility index (Phi) is 7.00. The third-order valence-corrected chi connectivity index (χ3v) is 5.38. The van der Waals surface area contributed by atoms with Gasteiger partial charge in [-0.25, -0.2) is 0 Å². The van der Waals surface area contributed by atoms with E-state index >= 15 is 0 Å². The van der Waals surface area contributed by atoms with Crippen LogP contribution in [0.5, 0.6) is 0 Å². The lowest BCUT2D eigenvalue weighted by molar-refractivity contribution is -0.135. The van der Waals surface area contributed by atoms with Gasteiger partial charge in [0.25, 0.3) is 5.91 Å². The molecule has 0 unspecified atom stereocenters. The number of hydrogen-bond acceptors (Lipinski definition) is 3. The number of amides is 3. The number of benzene rings is 2. The molecule has 1 fully saturated rings. The Morgan fingerprint density at radius 1 is 0.931 bits per heavy atom. The van der Waals surface area contributed by atoms with E-state index in [0.717, 1.165) is 17.5 Å². The number of piperidine rings is 1. The SMILES string of the molecule is Cc1ccccc1C(=O)NNC(=O)C1CCN(C(=O)CCc2ccccc2)CC1. The molecule has 152 valence electrons. The van der Waals surface area contributed by atoms with E-state index in [0.29, 0.717) is 37.9 Å². The van der Waals surface area contributed by atoms with Gasteiger partial charge >= 0.3 is 0 Å². The van der Waals surface area contributed by atoms with Crippen LogP contribution in [0.3, 0.4) is 0 Å². The van der Waals surface area contributed by atoms with Crippen molar-refractivity contribution in [3.8, 4) is 0 Å². The van der Waals surface area contributed by atoms with Gasteiger partial charge in [-0.1, -0.05) is 48.5 Å². The lowest BCUT2D eigenvalue weighted by Gasteiger charge is -2.31. The summed E-state index contributed by atoms with van der Waals surface area (Å²) in [6.45, 7) is 2.98. The van der Waals surface area contributed by atoms with E-state index in [4.69, 9.17) is 0 Å². The van der Waals surface area contributed by atoms with Gasteiger partial charge < -0.3 is 4.90 Å². The maximum atomic E-state index is 12.4. The van der Waals surface area contributed by atoms with E-state index in [1.807, 2.05) is 54.3 Å². The molecular weight excluding hydrogens is 366 g/mol. The van der Waals surface area contributed by atoms with Crippen LogP contribution in [-0.4, -0.2) is 35.7 Å². The molecule has 29 heavy (non-hydrogen) atoms. The number of carbonyl (C=O) groups is 3. The summed E-state index contributed by atoms with van der Waals surface area (Å²) in [5.74, 6) is -0.612. The highest BCUT2D eigenvalue weighted by Crippen LogP contribution is 2.18. The molecule has 0 radical (unpaired) electrons. The highest BCUT2D eigenvalue weighted by molar-refractivity contribution is 5.96. The van der Waals surface area contributed by atoms with E-state index in [-0.39, 0.29) is 23.6 Å². The van der Waals surface area contributed by atoms with E-state index in [1.54, 1.807) is 12.1 Å². The molecule has 0 bridgehead atoms. The summed E-state index contributed by atoms with van der Waals surface area (Å²) in [6.07, 6.45) is 2.41. The molecule has 0 atom stereocenters. The number of carbonyl (C=O) groups excluding carboxylic acids is 3. The van der Waals surface area contributed by atoms with Crippen molar-refractivity contribution < 1.29 is 14.4 Å². The van der Waals surface area contributed by atoms with Crippen molar-refractivity contribution in [3.05, 3.63) is 71.3 Å². The zero-order valence-corrected chi connectivity index (χ0v) is 16.7. The normalized spacial score (nSPS) is 14.3. The predicted octanol–water partition coefficient (Wildman–Crippen LogP) is 2.63. The van der Waals surface area contributed by atoms with Gasteiger partial charge in [-0.15, -0.1) is 0 Å². The summed E-state index contributed by atoms with van der Waals surface area (Å²) in [7, 11) is 0. The second-order valence-corrected chi connectivity index (χ2v) is 7.40. The Morgan fingerprint density at radius 2 is 1.59 bits per heavy atom. The molecule has 1 heterocycles. The highest BCUT2D eigenvalue weighted by atomic mass is 16.2. The quantitative estimate of drug-likeness (QED) is 0.767. The maximum absolute atomic E-state index is 12.4. The standard InChI is InChI=1S/C23H27N3O3/c1-17-7-5-6-10-20(17)23(29)25-24-22(28)19-13-15-26(16-14-19)21(27)12-11-18-8-3-2-4-9-18/h2-10,19H,11-16H2,1H3,(H,24,28)(H,25,29). The minimum Gasteiger partial charge on any atom is -0.343 e. The number of aryl methyl sites for hydroxylation is 2. The molecule has 6 heteroatoms. The van der Waals surface area contributed by atoms with Gasteiger partial charge in [0, 0.05) is 31.0 Å². The molecule has 0 aliphatic carbocycles. The van der Waals surface area contributed by atoms with Crippen LogP contribution >= 0.6 is 0 Å². The van der Waals surface area contributed by atoms with Gasteiger partial charge in [0.05, 0.1) is 0 Å². The molecule has 2 N–H and O–H groups in total. The van der Waals surface area contributed by atoms with Crippen molar-refractivity contribution >= 4 is 17.7 Å². The number of hydrogen-bond donors (Lipinski definition) is 2. The molecule has 1 saturated heterocycles. The third kappa shape index (κ3) is 5.67. The number of rotatable bonds is 5. The van der Waals surface area contributed by atoms with E-state index < -0.39 is 0 Å². The molecule has 1 aliphatic rings. The van der Waals surface area contributed by atoms with Crippen LogP contribution in [0.4, 0.5) is 0 Å². The fraction of sp³-hybridized carbons (Fsp3) is 0.348. The van der Waals surface area contributed by atoms with E-state index in [1.165, 1.54) is 0 Å². The predicted molar refractivity (Wildman–Crippen MR) is 111 cm³/mol. The lowest BCUT2D eigenvalue weighted by atomic mass is 9.95. The first kappa shape index (κ1) is 20.6. The van der Waals surface area contributed by atoms with Crippen molar-refractivity contribution in [1.82, 2.24) is 15.8 Å². The van der Waals surface area contributed by atoms with E-state index in [9.17, 15) is 14.4 Å². The molecule has 1 aliphatic heterocycles. The summed E-state index contributed by atoms with van der Waals surface area (Å²) in [6, 6.07) is 17.2. The maximum Gasteiger partial charge on any atom is 0.269 e. The highest BCUT2D eigenvalue weighted by Gasteiger charge is 2.27. The van der Waals surface area contributed by atoms with Crippen molar-refractivity contribution in [2.24, 2.45) is 5.92 Å². The number of likely N-dealkylation sites (tertiary alicyclic amines) is 1. The largest absolute Gasteiger partial charge is 0.343 e. The van der Waals surface area contributed by atoms with Gasteiger partial charge in [-0.2, -0.15) is 0 Å². The third-order valence-electron chi connectivity index (χ3n) is 5.38. The summed E-state index contributed by atoms with van der Waals surface area (Å²) in [4.78, 5) is 38.8. The molecule has 0 saturated carbocycles. The minimum atomic E-state index is -0.329. The molecule has 3 amide bonds. The molecule has 0 spiro atoms. The minimum absolute atomic E-state index is 0.126. The second kappa shape index (κ2) is 9.87. The van der Waals surface area contributed by atoms with Gasteiger partial charge in [0.1, 0.15) is 0 Å². The molecular formula is C23H27N3O3. The van der Waals surface area contributed by atoms with Crippen LogP contribution < -0.4 is 10.9 Å². The summed E-state index contributed by atoms with van der Waals surface area (Å²) in [5, 5.41) is 0. The van der Waals surface area contributed by atoms with Crippen LogP contribution in [0.25, 0.3) is 0 Å². The van der Waals surface area contributed by atoms with Gasteiger partial charge in [0.2, 0.25) is 11.8 Å². The van der Waals surface area contributed by atoms with Crippen LogP contribution in [0.1, 0.15) is 40.7 Å². The Labute approximate surface area is 171 Å². The average Bonchev–Trinajstić information content (AvgIpc) is 2.76. The molecule has 6 nitrogen and oxygen atoms in total. The number of nitrogens with one attached hydrogen (secondary N) is 2. The Hall–Kier alpha value is -3.15. The van der Waals surface area contributed by atoms with Crippen LogP contribution in [0, 0.1) is 12.8 Å². The van der Waals surface area contributed by atoms with Crippen molar-refractivity contribution in [3.63, 3.8) is 0 Å². The summed E-state index contributed by atoms with van der Waals surface area (Å²) in [5.41, 5.74) is 7.55. The Bertz CT molecular complexity index is 859. The fourth-order valence-corrected chi connectivity index (χ4v) is 3.56. The Morgan fingerprint density at radius 3 is 2.28 bits per heavy atom. The smallest absolute Gasteiger partial charge is 0.269 e. The van der Waals surface area contributed by atoms with Crippen LogP contribution in [0.2, 0.25) is 0 Å². The zero-order valence-electron chi connectivity index (χ0n) is 16.7. The van der Waals surface area contributed by atoms with Crippen LogP contribution in [0.15, 0.2) is 54.6 Å². The Balaban J connectivity index is 1.40. The van der Waals surface area contributed by atoms with Gasteiger partial charge in [-0.3, -0.25) is 25.2 Å². The second-order valence-electron chi connectivity index (χ2n) is 7.40. The van der Waals surface area contributed by atoms with Gasteiger partial charge in [-0.05, 0) is 43.4 Å². The van der Waals surface area contributed by atoms with E-state index in [2.05, 4.69) is 10.9 Å². The first-order valence-corrected chi connectivity index (χ1v) is 10.0. The lowest BCUT2D eigenvalue weighted by Crippen LogP contribution is -2.48. The van der Waals surface area contributed by atoms with Crippen molar-refractivity contribution in [2.45, 2.75) is 32.6 Å². The number of nitrogens with zero attached hydrogens (tertiary/aromatic N) is 1.